The van der Waals surface area contributed by atoms with Crippen LogP contribution in [0.5, 0.6) is 0 Å². The number of hydrogen-bond acceptors (Lipinski definition) is 4. The molecular formula is C15H16BrN3OS. The fourth-order valence-corrected chi connectivity index (χ4v) is 3.95. The molecule has 0 bridgehead atoms. The first-order chi connectivity index (χ1) is 10.1. The summed E-state index contributed by atoms with van der Waals surface area (Å²) in [5.74, 6) is 0. The summed E-state index contributed by atoms with van der Waals surface area (Å²) in [6.07, 6.45) is 2.56. The molecule has 110 valence electrons. The van der Waals surface area contributed by atoms with Gasteiger partial charge in [0, 0.05) is 25.2 Å². The lowest BCUT2D eigenvalue weighted by molar-refractivity contribution is 0.175. The lowest BCUT2D eigenvalue weighted by Crippen LogP contribution is -2.07. The molecule has 0 fully saturated rings. The van der Waals surface area contributed by atoms with Gasteiger partial charge in [0.05, 0.1) is 32.2 Å². The zero-order chi connectivity index (χ0) is 15.0. The summed E-state index contributed by atoms with van der Waals surface area (Å²) in [6.45, 7) is 2.07. The van der Waals surface area contributed by atoms with Gasteiger partial charge in [-0.2, -0.15) is 5.10 Å². The minimum atomic E-state index is -0.583. The van der Waals surface area contributed by atoms with Gasteiger partial charge in [0.1, 0.15) is 0 Å². The lowest BCUT2D eigenvalue weighted by Gasteiger charge is -2.11. The Balaban J connectivity index is 1.88. The van der Waals surface area contributed by atoms with Crippen molar-refractivity contribution in [1.82, 2.24) is 14.8 Å². The average molecular weight is 366 g/mol. The Kier molecular flexibility index (Phi) is 4.10. The molecule has 1 N–H and O–H groups in total. The number of rotatable bonds is 4. The van der Waals surface area contributed by atoms with Gasteiger partial charge < -0.3 is 5.11 Å². The smallest absolute Gasteiger partial charge is 0.0861 e. The van der Waals surface area contributed by atoms with Crippen LogP contribution in [0.25, 0.3) is 10.2 Å². The van der Waals surface area contributed by atoms with Crippen molar-refractivity contribution in [1.29, 1.82) is 0 Å². The number of aromatic nitrogens is 3. The first-order valence-electron chi connectivity index (χ1n) is 6.81. The summed E-state index contributed by atoms with van der Waals surface area (Å²) in [6, 6.07) is 4.00. The van der Waals surface area contributed by atoms with Crippen LogP contribution in [0.4, 0.5) is 0 Å². The fraction of sp³-hybridized carbons (Fsp3) is 0.333. The van der Waals surface area contributed by atoms with Crippen molar-refractivity contribution in [2.75, 3.05) is 0 Å². The summed E-state index contributed by atoms with van der Waals surface area (Å²) in [5, 5.41) is 17.0. The Labute approximate surface area is 135 Å². The van der Waals surface area contributed by atoms with E-state index in [2.05, 4.69) is 32.9 Å². The second kappa shape index (κ2) is 5.87. The van der Waals surface area contributed by atoms with E-state index in [0.717, 1.165) is 38.1 Å². The number of hydrogen-bond donors (Lipinski definition) is 1. The summed E-state index contributed by atoms with van der Waals surface area (Å²) in [5.41, 5.74) is 3.85. The van der Waals surface area contributed by atoms with Crippen molar-refractivity contribution in [3.8, 4) is 0 Å². The molecule has 0 amide bonds. The molecule has 0 aliphatic heterocycles. The zero-order valence-electron chi connectivity index (χ0n) is 11.9. The highest BCUT2D eigenvalue weighted by Crippen LogP contribution is 2.28. The maximum absolute atomic E-state index is 10.5. The van der Waals surface area contributed by atoms with E-state index in [1.807, 2.05) is 29.2 Å². The van der Waals surface area contributed by atoms with E-state index in [0.29, 0.717) is 6.42 Å². The minimum Gasteiger partial charge on any atom is -0.388 e. The SMILES string of the molecule is CCc1nn(C)c(CC(O)c2cnc3ccsc3c2)c1Br. The van der Waals surface area contributed by atoms with Gasteiger partial charge in [-0.15, -0.1) is 11.3 Å². The van der Waals surface area contributed by atoms with Crippen LogP contribution in [0.2, 0.25) is 0 Å². The van der Waals surface area contributed by atoms with Crippen LogP contribution in [0.15, 0.2) is 28.2 Å². The molecule has 0 aromatic carbocycles. The van der Waals surface area contributed by atoms with Crippen LogP contribution in [0, 0.1) is 0 Å². The van der Waals surface area contributed by atoms with Crippen molar-refractivity contribution >= 4 is 37.5 Å². The summed E-state index contributed by atoms with van der Waals surface area (Å²) < 4.78 is 3.94. The van der Waals surface area contributed by atoms with Crippen LogP contribution < -0.4 is 0 Å². The van der Waals surface area contributed by atoms with E-state index < -0.39 is 6.10 Å². The second-order valence-corrected chi connectivity index (χ2v) is 6.72. The third kappa shape index (κ3) is 2.75. The minimum absolute atomic E-state index is 0.517. The normalized spacial score (nSPS) is 13.0. The molecule has 0 spiro atoms. The molecule has 1 unspecified atom stereocenters. The summed E-state index contributed by atoms with van der Waals surface area (Å²) >= 11 is 5.23. The Bertz CT molecular complexity index is 780. The molecule has 1 atom stereocenters. The van der Waals surface area contributed by atoms with E-state index >= 15 is 0 Å². The topological polar surface area (TPSA) is 50.9 Å². The molecule has 3 aromatic rings. The molecule has 3 heterocycles. The Morgan fingerprint density at radius 1 is 1.48 bits per heavy atom. The number of aliphatic hydroxyl groups is 1. The van der Waals surface area contributed by atoms with Crippen molar-refractivity contribution in [2.45, 2.75) is 25.9 Å². The molecule has 0 aliphatic carbocycles. The molecular weight excluding hydrogens is 350 g/mol. The first-order valence-corrected chi connectivity index (χ1v) is 8.49. The van der Waals surface area contributed by atoms with Crippen molar-refractivity contribution in [3.63, 3.8) is 0 Å². The zero-order valence-corrected chi connectivity index (χ0v) is 14.3. The van der Waals surface area contributed by atoms with E-state index in [4.69, 9.17) is 0 Å². The average Bonchev–Trinajstić information content (AvgIpc) is 3.05. The van der Waals surface area contributed by atoms with Crippen LogP contribution in [0.1, 0.15) is 30.0 Å². The van der Waals surface area contributed by atoms with Gasteiger partial charge in [0.2, 0.25) is 0 Å². The molecule has 21 heavy (non-hydrogen) atoms. The molecule has 0 radical (unpaired) electrons. The fourth-order valence-electron chi connectivity index (χ4n) is 2.39. The monoisotopic (exact) mass is 365 g/mol. The number of halogens is 1. The summed E-state index contributed by atoms with van der Waals surface area (Å²) in [4.78, 5) is 4.39. The highest BCUT2D eigenvalue weighted by Gasteiger charge is 2.18. The highest BCUT2D eigenvalue weighted by molar-refractivity contribution is 9.10. The van der Waals surface area contributed by atoms with Crippen molar-refractivity contribution < 1.29 is 5.11 Å². The number of pyridine rings is 1. The number of aliphatic hydroxyl groups excluding tert-OH is 1. The molecule has 6 heteroatoms. The Morgan fingerprint density at radius 2 is 2.29 bits per heavy atom. The van der Waals surface area contributed by atoms with Gasteiger partial charge in [0.15, 0.2) is 0 Å². The van der Waals surface area contributed by atoms with Crippen LogP contribution in [-0.2, 0) is 19.9 Å². The van der Waals surface area contributed by atoms with E-state index in [9.17, 15) is 5.11 Å². The molecule has 0 saturated heterocycles. The molecule has 0 saturated carbocycles. The second-order valence-electron chi connectivity index (χ2n) is 4.98. The Morgan fingerprint density at radius 3 is 3.00 bits per heavy atom. The van der Waals surface area contributed by atoms with Gasteiger partial charge >= 0.3 is 0 Å². The molecule has 4 nitrogen and oxygen atoms in total. The number of thiophene rings is 1. The third-order valence-electron chi connectivity index (χ3n) is 3.60. The maximum atomic E-state index is 10.5. The molecule has 3 aromatic heterocycles. The van der Waals surface area contributed by atoms with Gasteiger partial charge in [-0.1, -0.05) is 6.92 Å². The largest absolute Gasteiger partial charge is 0.388 e. The van der Waals surface area contributed by atoms with Crippen LogP contribution in [0.3, 0.4) is 0 Å². The van der Waals surface area contributed by atoms with E-state index in [1.165, 1.54) is 0 Å². The van der Waals surface area contributed by atoms with Gasteiger partial charge in [-0.05, 0) is 39.9 Å². The summed E-state index contributed by atoms with van der Waals surface area (Å²) in [7, 11) is 1.91. The number of aryl methyl sites for hydroxylation is 2. The van der Waals surface area contributed by atoms with Gasteiger partial charge in [0.25, 0.3) is 0 Å². The number of nitrogens with zero attached hydrogens (tertiary/aromatic N) is 3. The third-order valence-corrected chi connectivity index (χ3v) is 5.37. The highest BCUT2D eigenvalue weighted by atomic mass is 79.9. The maximum Gasteiger partial charge on any atom is 0.0861 e. The van der Waals surface area contributed by atoms with Gasteiger partial charge in [-0.25, -0.2) is 0 Å². The first kappa shape index (κ1) is 14.7. The predicted molar refractivity (Wildman–Crippen MR) is 88.6 cm³/mol. The lowest BCUT2D eigenvalue weighted by atomic mass is 10.1. The Hall–Kier alpha value is -1.24. The standard InChI is InChI=1S/C15H16BrN3OS/c1-3-10-15(16)12(19(2)18-10)7-13(20)9-6-14-11(17-8-9)4-5-21-14/h4-6,8,13,20H,3,7H2,1-2H3. The van der Waals surface area contributed by atoms with Crippen molar-refractivity contribution in [2.24, 2.45) is 7.05 Å². The quantitative estimate of drug-likeness (QED) is 0.767. The van der Waals surface area contributed by atoms with E-state index in [1.54, 1.807) is 17.5 Å². The van der Waals surface area contributed by atoms with Crippen LogP contribution in [-0.4, -0.2) is 19.9 Å². The molecule has 3 rings (SSSR count). The molecule has 0 aliphatic rings. The number of fused-ring (bicyclic) bond motifs is 1. The van der Waals surface area contributed by atoms with E-state index in [-0.39, 0.29) is 0 Å². The predicted octanol–water partition coefficient (Wildman–Crippen LogP) is 3.63. The van der Waals surface area contributed by atoms with Gasteiger partial charge in [-0.3, -0.25) is 9.67 Å². The van der Waals surface area contributed by atoms with Crippen molar-refractivity contribution in [3.05, 3.63) is 45.1 Å². The van der Waals surface area contributed by atoms with Crippen LogP contribution >= 0.6 is 27.3 Å².